The zero-order chi connectivity index (χ0) is 19.3. The minimum atomic E-state index is -1.10. The van der Waals surface area contributed by atoms with Crippen LogP contribution in [0.2, 0.25) is 0 Å². The van der Waals surface area contributed by atoms with E-state index in [-0.39, 0.29) is 29.9 Å². The van der Waals surface area contributed by atoms with Gasteiger partial charge in [0.1, 0.15) is 5.69 Å². The maximum Gasteiger partial charge on any atom is 0.270 e. The number of nitrogens with zero attached hydrogens (tertiary/aromatic N) is 1. The van der Waals surface area contributed by atoms with Gasteiger partial charge in [0.25, 0.3) is 11.5 Å². The molecule has 0 saturated carbocycles. The number of carbonyl (C=O) groups is 1. The first-order valence-electron chi connectivity index (χ1n) is 8.09. The Morgan fingerprint density at radius 1 is 1.26 bits per heavy atom. The molecule has 140 valence electrons. The number of amides is 1. The average Bonchev–Trinajstić information content (AvgIpc) is 3.08. The standard InChI is InChI=1S/C18H14BrF2N3O3/c1-24(18(26)13-2-8(19)5-22-13)15-7-27-6-14-16(15)9-3-11(20)12(21)4-10(9)17(25)23-14/h2-5,15,22H,6-7H2,1H3,(H,23,25)/t15-/m1/s1. The largest absolute Gasteiger partial charge is 0.373 e. The molecule has 0 aliphatic carbocycles. The van der Waals surface area contributed by atoms with Crippen molar-refractivity contribution in [2.75, 3.05) is 13.7 Å². The van der Waals surface area contributed by atoms with Crippen LogP contribution in [-0.2, 0) is 11.3 Å². The van der Waals surface area contributed by atoms with E-state index in [1.54, 1.807) is 19.3 Å². The second-order valence-corrected chi connectivity index (χ2v) is 7.25. The van der Waals surface area contributed by atoms with Crippen molar-refractivity contribution in [3.63, 3.8) is 0 Å². The summed E-state index contributed by atoms with van der Waals surface area (Å²) in [6.07, 6.45) is 1.64. The first kappa shape index (κ1) is 17.9. The average molecular weight is 438 g/mol. The summed E-state index contributed by atoms with van der Waals surface area (Å²) in [5.74, 6) is -2.45. The number of halogens is 3. The number of ether oxygens (including phenoxy) is 1. The summed E-state index contributed by atoms with van der Waals surface area (Å²) >= 11 is 3.28. The van der Waals surface area contributed by atoms with Gasteiger partial charge in [-0.3, -0.25) is 9.59 Å². The Morgan fingerprint density at radius 2 is 1.96 bits per heavy atom. The van der Waals surface area contributed by atoms with E-state index in [9.17, 15) is 18.4 Å². The maximum absolute atomic E-state index is 13.9. The lowest BCUT2D eigenvalue weighted by atomic mass is 9.95. The minimum absolute atomic E-state index is 0.0306. The van der Waals surface area contributed by atoms with Gasteiger partial charge in [0, 0.05) is 29.0 Å². The number of benzene rings is 1. The van der Waals surface area contributed by atoms with Crippen LogP contribution in [0, 0.1) is 11.6 Å². The van der Waals surface area contributed by atoms with Gasteiger partial charge in [-0.25, -0.2) is 8.78 Å². The molecular weight excluding hydrogens is 424 g/mol. The normalized spacial score (nSPS) is 16.4. The van der Waals surface area contributed by atoms with Crippen molar-refractivity contribution in [2.24, 2.45) is 0 Å². The van der Waals surface area contributed by atoms with Gasteiger partial charge in [0.15, 0.2) is 11.6 Å². The molecule has 0 bridgehead atoms. The fraction of sp³-hybridized carbons (Fsp3) is 0.222. The molecule has 3 heterocycles. The summed E-state index contributed by atoms with van der Waals surface area (Å²) < 4.78 is 33.8. The lowest BCUT2D eigenvalue weighted by Crippen LogP contribution is -2.37. The van der Waals surface area contributed by atoms with Gasteiger partial charge in [0.05, 0.1) is 24.6 Å². The van der Waals surface area contributed by atoms with Crippen molar-refractivity contribution in [3.8, 4) is 0 Å². The first-order valence-corrected chi connectivity index (χ1v) is 8.88. The predicted octanol–water partition coefficient (Wildman–Crippen LogP) is 3.24. The monoisotopic (exact) mass is 437 g/mol. The molecule has 2 N–H and O–H groups in total. The van der Waals surface area contributed by atoms with Crippen molar-refractivity contribution in [1.82, 2.24) is 14.9 Å². The number of pyridine rings is 1. The van der Waals surface area contributed by atoms with E-state index in [0.29, 0.717) is 17.0 Å². The van der Waals surface area contributed by atoms with Crippen molar-refractivity contribution < 1.29 is 18.3 Å². The lowest BCUT2D eigenvalue weighted by Gasteiger charge is -2.33. The third-order valence-electron chi connectivity index (χ3n) is 4.71. The van der Waals surface area contributed by atoms with Gasteiger partial charge < -0.3 is 19.6 Å². The molecule has 27 heavy (non-hydrogen) atoms. The Morgan fingerprint density at radius 3 is 2.63 bits per heavy atom. The van der Waals surface area contributed by atoms with Crippen molar-refractivity contribution in [1.29, 1.82) is 0 Å². The van der Waals surface area contributed by atoms with Crippen molar-refractivity contribution in [3.05, 3.63) is 67.8 Å². The molecule has 0 unspecified atom stereocenters. The number of aromatic amines is 2. The first-order chi connectivity index (χ1) is 12.9. The van der Waals surface area contributed by atoms with Crippen LogP contribution in [0.25, 0.3) is 10.8 Å². The molecule has 0 radical (unpaired) electrons. The van der Waals surface area contributed by atoms with E-state index in [0.717, 1.165) is 16.6 Å². The van der Waals surface area contributed by atoms with Gasteiger partial charge in [-0.2, -0.15) is 0 Å². The van der Waals surface area contributed by atoms with E-state index >= 15 is 0 Å². The summed E-state index contributed by atoms with van der Waals surface area (Å²) in [6.45, 7) is 0.281. The number of rotatable bonds is 2. The number of hydrogen-bond acceptors (Lipinski definition) is 3. The molecule has 6 nitrogen and oxygen atoms in total. The molecule has 0 spiro atoms. The van der Waals surface area contributed by atoms with Crippen molar-refractivity contribution in [2.45, 2.75) is 12.6 Å². The molecule has 0 fully saturated rings. The second kappa shape index (κ2) is 6.58. The van der Waals surface area contributed by atoms with E-state index in [1.165, 1.54) is 4.90 Å². The molecule has 4 rings (SSSR count). The quantitative estimate of drug-likeness (QED) is 0.645. The molecule has 1 aliphatic rings. The predicted molar refractivity (Wildman–Crippen MR) is 97.5 cm³/mol. The van der Waals surface area contributed by atoms with E-state index in [1.807, 2.05) is 0 Å². The molecule has 9 heteroatoms. The summed E-state index contributed by atoms with van der Waals surface area (Å²) in [5, 5.41) is 0.302. The van der Waals surface area contributed by atoms with Gasteiger partial charge in [0.2, 0.25) is 0 Å². The Bertz CT molecular complexity index is 1120. The summed E-state index contributed by atoms with van der Waals surface area (Å²) in [4.78, 5) is 32.0. The van der Waals surface area contributed by atoms with Crippen LogP contribution in [0.1, 0.15) is 27.8 Å². The Labute approximate surface area is 160 Å². The summed E-state index contributed by atoms with van der Waals surface area (Å²) in [7, 11) is 1.59. The minimum Gasteiger partial charge on any atom is -0.373 e. The summed E-state index contributed by atoms with van der Waals surface area (Å²) in [6, 6.07) is 2.94. The van der Waals surface area contributed by atoms with Gasteiger partial charge in [-0.15, -0.1) is 0 Å². The van der Waals surface area contributed by atoms with Crippen LogP contribution < -0.4 is 5.56 Å². The molecule has 1 amide bonds. The molecule has 3 aromatic rings. The highest BCUT2D eigenvalue weighted by molar-refractivity contribution is 9.10. The van der Waals surface area contributed by atoms with Gasteiger partial charge in [-0.05, 0) is 39.5 Å². The van der Waals surface area contributed by atoms with Crippen LogP contribution in [0.4, 0.5) is 8.78 Å². The molecule has 2 aromatic heterocycles. The second-order valence-electron chi connectivity index (χ2n) is 6.34. The van der Waals surface area contributed by atoms with Crippen LogP contribution in [0.15, 0.2) is 33.7 Å². The van der Waals surface area contributed by atoms with Gasteiger partial charge >= 0.3 is 0 Å². The summed E-state index contributed by atoms with van der Waals surface area (Å²) in [5.41, 5.74) is 0.829. The fourth-order valence-corrected chi connectivity index (χ4v) is 3.71. The zero-order valence-corrected chi connectivity index (χ0v) is 15.7. The number of nitrogens with one attached hydrogen (secondary N) is 2. The molecular formula is C18H14BrF2N3O3. The van der Waals surface area contributed by atoms with Crippen LogP contribution in [-0.4, -0.2) is 34.4 Å². The third-order valence-corrected chi connectivity index (χ3v) is 5.16. The molecule has 1 atom stereocenters. The van der Waals surface area contributed by atoms with E-state index in [2.05, 4.69) is 25.9 Å². The highest BCUT2D eigenvalue weighted by Crippen LogP contribution is 2.34. The number of hydrogen-bond donors (Lipinski definition) is 2. The topological polar surface area (TPSA) is 78.2 Å². The number of fused-ring (bicyclic) bond motifs is 3. The lowest BCUT2D eigenvalue weighted by molar-refractivity contribution is 0.0333. The molecule has 1 aliphatic heterocycles. The number of carbonyl (C=O) groups excluding carboxylic acids is 1. The number of aromatic nitrogens is 2. The van der Waals surface area contributed by atoms with Crippen LogP contribution >= 0.6 is 15.9 Å². The zero-order valence-electron chi connectivity index (χ0n) is 14.1. The van der Waals surface area contributed by atoms with Gasteiger partial charge in [-0.1, -0.05) is 0 Å². The molecule has 1 aromatic carbocycles. The van der Waals surface area contributed by atoms with E-state index in [4.69, 9.17) is 4.74 Å². The van der Waals surface area contributed by atoms with Crippen LogP contribution in [0.5, 0.6) is 0 Å². The highest BCUT2D eigenvalue weighted by atomic mass is 79.9. The SMILES string of the molecule is CN(C(=O)c1cc(Br)c[nH]1)[C@@H]1COCc2[nH]c(=O)c3cc(F)c(F)cc3c21. The van der Waals surface area contributed by atoms with Crippen molar-refractivity contribution >= 4 is 32.6 Å². The van der Waals surface area contributed by atoms with E-state index < -0.39 is 23.2 Å². The van der Waals surface area contributed by atoms with Crippen LogP contribution in [0.3, 0.4) is 0 Å². The molecule has 0 saturated heterocycles. The maximum atomic E-state index is 13.9. The Hall–Kier alpha value is -2.52. The fourth-order valence-electron chi connectivity index (χ4n) is 3.37. The Kier molecular flexibility index (Phi) is 4.35. The highest BCUT2D eigenvalue weighted by Gasteiger charge is 2.31. The Balaban J connectivity index is 1.87. The number of H-pyrrole nitrogens is 2. The smallest absolute Gasteiger partial charge is 0.270 e. The third kappa shape index (κ3) is 2.96. The number of likely N-dealkylation sites (N-methyl/N-ethyl adjacent to an activating group) is 1.